The number of ketones is 1. The molecule has 0 saturated heterocycles. The Kier molecular flexibility index (Phi) is 4.60. The highest BCUT2D eigenvalue weighted by atomic mass is 19.1. The minimum absolute atomic E-state index is 0.183. The summed E-state index contributed by atoms with van der Waals surface area (Å²) >= 11 is 0. The van der Waals surface area contributed by atoms with Crippen LogP contribution in [0, 0.1) is 42.8 Å². The Morgan fingerprint density at radius 1 is 1.07 bits per heavy atom. The lowest BCUT2D eigenvalue weighted by Crippen LogP contribution is -2.50. The first-order valence-electron chi connectivity index (χ1n) is 11.0. The summed E-state index contributed by atoms with van der Waals surface area (Å²) in [5.74, 6) is 1.20. The largest absolute Gasteiger partial charge is 0.457 e. The summed E-state index contributed by atoms with van der Waals surface area (Å²) in [5.41, 5.74) is 1.96. The zero-order chi connectivity index (χ0) is 21.0. The topological polar surface area (TPSA) is 48.3 Å². The third kappa shape index (κ3) is 3.10. The Morgan fingerprint density at radius 3 is 2.27 bits per heavy atom. The minimum atomic E-state index is -0.362. The molecule has 4 saturated carbocycles. The van der Waals surface area contributed by atoms with Crippen LogP contribution in [0.25, 0.3) is 5.69 Å². The molecule has 4 bridgehead atoms. The SMILES string of the molecule is Cc1cc(C(=O)COC(=O)C23CC4CC(CC(C4)C2)C3)c(C)n1-c1ccccc1F. The van der Waals surface area contributed by atoms with E-state index < -0.39 is 0 Å². The van der Waals surface area contributed by atoms with Crippen LogP contribution in [0.2, 0.25) is 0 Å². The fraction of sp³-hybridized carbons (Fsp3) is 0.520. The number of rotatable bonds is 5. The fourth-order valence-corrected chi connectivity index (χ4v) is 6.77. The van der Waals surface area contributed by atoms with Gasteiger partial charge in [-0.3, -0.25) is 9.59 Å². The van der Waals surface area contributed by atoms with Gasteiger partial charge >= 0.3 is 5.97 Å². The van der Waals surface area contributed by atoms with Gasteiger partial charge in [0.05, 0.1) is 11.1 Å². The Balaban J connectivity index is 1.31. The lowest BCUT2D eigenvalue weighted by molar-refractivity contribution is -0.170. The van der Waals surface area contributed by atoms with Gasteiger partial charge in [-0.2, -0.15) is 0 Å². The Labute approximate surface area is 176 Å². The number of carbonyl (C=O) groups excluding carboxylic acids is 2. The van der Waals surface area contributed by atoms with E-state index >= 15 is 0 Å². The Hall–Kier alpha value is -2.43. The monoisotopic (exact) mass is 409 g/mol. The minimum Gasteiger partial charge on any atom is -0.457 e. The van der Waals surface area contributed by atoms with Gasteiger partial charge in [-0.25, -0.2) is 4.39 Å². The van der Waals surface area contributed by atoms with Gasteiger partial charge in [0.25, 0.3) is 0 Å². The smallest absolute Gasteiger partial charge is 0.312 e. The first-order valence-corrected chi connectivity index (χ1v) is 11.0. The molecule has 0 aliphatic heterocycles. The van der Waals surface area contributed by atoms with Gasteiger partial charge in [-0.05, 0) is 88.3 Å². The number of halogens is 1. The quantitative estimate of drug-likeness (QED) is 0.505. The number of Topliss-reactive ketones (excluding diaryl/α,β-unsaturated/α-hetero) is 1. The molecule has 4 aliphatic carbocycles. The maximum atomic E-state index is 14.3. The summed E-state index contributed by atoms with van der Waals surface area (Å²) in [6, 6.07) is 8.26. The van der Waals surface area contributed by atoms with Crippen LogP contribution < -0.4 is 0 Å². The van der Waals surface area contributed by atoms with Crippen molar-refractivity contribution < 1.29 is 18.7 Å². The fourth-order valence-electron chi connectivity index (χ4n) is 6.77. The maximum Gasteiger partial charge on any atom is 0.312 e. The average Bonchev–Trinajstić information content (AvgIpc) is 2.99. The summed E-state index contributed by atoms with van der Waals surface area (Å²) in [6.45, 7) is 3.40. The molecule has 4 fully saturated rings. The van der Waals surface area contributed by atoms with Crippen LogP contribution in [-0.4, -0.2) is 22.9 Å². The van der Waals surface area contributed by atoms with Crippen LogP contribution in [0.5, 0.6) is 0 Å². The van der Waals surface area contributed by atoms with Crippen molar-refractivity contribution in [1.82, 2.24) is 4.57 Å². The lowest BCUT2D eigenvalue weighted by Gasteiger charge is -2.55. The van der Waals surface area contributed by atoms with Crippen molar-refractivity contribution in [1.29, 1.82) is 0 Å². The molecule has 0 radical (unpaired) electrons. The highest BCUT2D eigenvalue weighted by Gasteiger charge is 2.55. The lowest BCUT2D eigenvalue weighted by atomic mass is 9.49. The van der Waals surface area contributed by atoms with Crippen LogP contribution in [0.1, 0.15) is 60.3 Å². The van der Waals surface area contributed by atoms with E-state index in [1.54, 1.807) is 35.8 Å². The third-order valence-corrected chi connectivity index (χ3v) is 7.63. The van der Waals surface area contributed by atoms with E-state index in [0.29, 0.717) is 34.7 Å². The van der Waals surface area contributed by atoms with Crippen LogP contribution in [0.4, 0.5) is 4.39 Å². The first-order chi connectivity index (χ1) is 14.4. The van der Waals surface area contributed by atoms with Gasteiger partial charge < -0.3 is 9.30 Å². The van der Waals surface area contributed by atoms with Gasteiger partial charge in [0.2, 0.25) is 5.78 Å². The van der Waals surface area contributed by atoms with E-state index in [9.17, 15) is 14.0 Å². The molecule has 0 N–H and O–H groups in total. The van der Waals surface area contributed by atoms with Gasteiger partial charge in [-0.1, -0.05) is 12.1 Å². The van der Waals surface area contributed by atoms with Crippen molar-refractivity contribution >= 4 is 11.8 Å². The highest BCUT2D eigenvalue weighted by molar-refractivity contribution is 5.99. The number of hydrogen-bond donors (Lipinski definition) is 0. The van der Waals surface area contributed by atoms with Crippen LogP contribution in [-0.2, 0) is 9.53 Å². The molecule has 2 aromatic rings. The molecule has 158 valence electrons. The van der Waals surface area contributed by atoms with Gasteiger partial charge in [-0.15, -0.1) is 0 Å². The summed E-state index contributed by atoms with van der Waals surface area (Å²) in [7, 11) is 0. The van der Waals surface area contributed by atoms with Crippen molar-refractivity contribution in [2.24, 2.45) is 23.2 Å². The van der Waals surface area contributed by atoms with Gasteiger partial charge in [0.1, 0.15) is 5.82 Å². The predicted molar refractivity (Wildman–Crippen MR) is 111 cm³/mol. The van der Waals surface area contributed by atoms with E-state index in [1.165, 1.54) is 25.3 Å². The summed E-state index contributed by atoms with van der Waals surface area (Å²) in [4.78, 5) is 25.9. The number of ether oxygens (including phenoxy) is 1. The molecule has 6 rings (SSSR count). The Bertz CT molecular complexity index is 986. The maximum absolute atomic E-state index is 14.3. The molecular weight excluding hydrogens is 381 g/mol. The molecule has 0 unspecified atom stereocenters. The molecule has 30 heavy (non-hydrogen) atoms. The van der Waals surface area contributed by atoms with E-state index in [2.05, 4.69) is 0 Å². The number of aromatic nitrogens is 1. The molecule has 1 aromatic carbocycles. The number of para-hydroxylation sites is 1. The standard InChI is InChI=1S/C25H28FNO3/c1-15-7-20(16(2)27(15)22-6-4-3-5-21(22)26)23(28)14-30-24(29)25-11-17-8-18(12-25)10-19(9-17)13-25/h3-7,17-19H,8-14H2,1-2H3. The van der Waals surface area contributed by atoms with Crippen molar-refractivity contribution in [2.45, 2.75) is 52.4 Å². The van der Waals surface area contributed by atoms with Gasteiger partial charge in [0, 0.05) is 17.0 Å². The van der Waals surface area contributed by atoms with Crippen LogP contribution in [0.3, 0.4) is 0 Å². The van der Waals surface area contributed by atoms with E-state index in [0.717, 1.165) is 25.0 Å². The number of benzene rings is 1. The molecule has 1 aromatic heterocycles. The number of carbonyl (C=O) groups is 2. The molecule has 0 amide bonds. The zero-order valence-corrected chi connectivity index (χ0v) is 17.6. The first kappa shape index (κ1) is 19.5. The van der Waals surface area contributed by atoms with Crippen LogP contribution in [0.15, 0.2) is 30.3 Å². The third-order valence-electron chi connectivity index (χ3n) is 7.63. The van der Waals surface area contributed by atoms with Crippen molar-refractivity contribution in [3.05, 3.63) is 53.1 Å². The predicted octanol–water partition coefficient (Wildman–Crippen LogP) is 5.18. The molecule has 1 heterocycles. The molecule has 0 spiro atoms. The number of hydrogen-bond acceptors (Lipinski definition) is 3. The summed E-state index contributed by atoms with van der Waals surface area (Å²) in [6.07, 6.45) is 6.55. The normalized spacial score (nSPS) is 29.2. The van der Waals surface area contributed by atoms with Gasteiger partial charge in [0.15, 0.2) is 6.61 Å². The highest BCUT2D eigenvalue weighted by Crippen LogP contribution is 2.60. The number of aryl methyl sites for hydroxylation is 1. The zero-order valence-electron chi connectivity index (χ0n) is 17.6. The van der Waals surface area contributed by atoms with Crippen molar-refractivity contribution in [2.75, 3.05) is 6.61 Å². The Morgan fingerprint density at radius 2 is 1.67 bits per heavy atom. The van der Waals surface area contributed by atoms with Crippen molar-refractivity contribution in [3.8, 4) is 5.69 Å². The second-order valence-corrected chi connectivity index (χ2v) is 9.77. The number of nitrogens with zero attached hydrogens (tertiary/aromatic N) is 1. The molecule has 4 nitrogen and oxygen atoms in total. The van der Waals surface area contributed by atoms with E-state index in [1.807, 2.05) is 6.92 Å². The van der Waals surface area contributed by atoms with Crippen molar-refractivity contribution in [3.63, 3.8) is 0 Å². The summed E-state index contributed by atoms with van der Waals surface area (Å²) in [5, 5.41) is 0. The molecule has 5 heteroatoms. The molecule has 0 atom stereocenters. The molecule has 4 aliphatic rings. The van der Waals surface area contributed by atoms with E-state index in [4.69, 9.17) is 4.74 Å². The average molecular weight is 410 g/mol. The van der Waals surface area contributed by atoms with E-state index in [-0.39, 0.29) is 29.6 Å². The van der Waals surface area contributed by atoms with Crippen LogP contribution >= 0.6 is 0 Å². The summed E-state index contributed by atoms with van der Waals surface area (Å²) < 4.78 is 21.6. The second kappa shape index (κ2) is 7.07. The number of esters is 1. The molecular formula is C25H28FNO3. The second-order valence-electron chi connectivity index (χ2n) is 9.77.